The molecular weight excluding hydrogens is 328 g/mol. The van der Waals surface area contributed by atoms with Crippen LogP contribution in [-0.2, 0) is 9.59 Å². The number of carboxylic acids is 1. The van der Waals surface area contributed by atoms with Crippen molar-refractivity contribution in [1.82, 2.24) is 4.98 Å². The Morgan fingerprint density at radius 2 is 2.21 bits per heavy atom. The molecule has 0 saturated heterocycles. The van der Waals surface area contributed by atoms with E-state index in [0.29, 0.717) is 17.9 Å². The second-order valence-electron chi connectivity index (χ2n) is 5.63. The molecule has 24 heavy (non-hydrogen) atoms. The summed E-state index contributed by atoms with van der Waals surface area (Å²) in [7, 11) is 0. The van der Waals surface area contributed by atoms with Crippen molar-refractivity contribution < 1.29 is 19.4 Å². The summed E-state index contributed by atoms with van der Waals surface area (Å²) >= 11 is 1.60. The fourth-order valence-corrected chi connectivity index (χ4v) is 3.76. The Balaban J connectivity index is 2.12. The van der Waals surface area contributed by atoms with Crippen molar-refractivity contribution in [2.45, 2.75) is 33.2 Å². The summed E-state index contributed by atoms with van der Waals surface area (Å²) in [6.07, 6.45) is 0.319. The molecule has 1 aliphatic rings. The van der Waals surface area contributed by atoms with Crippen LogP contribution in [0, 0.1) is 13.8 Å². The number of carbonyl (C=O) groups is 2. The van der Waals surface area contributed by atoms with Gasteiger partial charge in [-0.15, -0.1) is 11.3 Å². The minimum atomic E-state index is -1.02. The third kappa shape index (κ3) is 2.75. The van der Waals surface area contributed by atoms with Crippen LogP contribution in [-0.4, -0.2) is 34.6 Å². The van der Waals surface area contributed by atoms with Gasteiger partial charge in [0.2, 0.25) is 0 Å². The number of fused-ring (bicyclic) bond motifs is 1. The molecule has 0 radical (unpaired) electrons. The van der Waals surface area contributed by atoms with Gasteiger partial charge in [-0.25, -0.2) is 9.78 Å². The van der Waals surface area contributed by atoms with Gasteiger partial charge in [-0.3, -0.25) is 9.69 Å². The third-order valence-electron chi connectivity index (χ3n) is 4.00. The summed E-state index contributed by atoms with van der Waals surface area (Å²) in [6, 6.07) is 4.54. The first-order valence-electron chi connectivity index (χ1n) is 7.68. The minimum absolute atomic E-state index is 0.148. The molecule has 1 unspecified atom stereocenters. The van der Waals surface area contributed by atoms with Crippen LogP contribution in [0.4, 0.5) is 5.69 Å². The van der Waals surface area contributed by atoms with E-state index in [4.69, 9.17) is 4.74 Å². The highest BCUT2D eigenvalue weighted by atomic mass is 32.1. The topological polar surface area (TPSA) is 79.7 Å². The molecule has 1 amide bonds. The quantitative estimate of drug-likeness (QED) is 0.920. The van der Waals surface area contributed by atoms with E-state index in [9.17, 15) is 14.7 Å². The van der Waals surface area contributed by atoms with Crippen molar-refractivity contribution in [2.75, 3.05) is 11.5 Å². The normalized spacial score (nSPS) is 15.0. The second kappa shape index (κ2) is 6.24. The smallest absolute Gasteiger partial charge is 0.326 e. The average Bonchev–Trinajstić information content (AvgIpc) is 2.88. The summed E-state index contributed by atoms with van der Waals surface area (Å²) in [4.78, 5) is 30.8. The number of carbonyl (C=O) groups excluding carboxylic acids is 1. The first kappa shape index (κ1) is 16.4. The zero-order valence-corrected chi connectivity index (χ0v) is 14.5. The SMILES string of the molecule is CCC(C(=O)O)N1C(=O)COc2ccc(-c3nc(C)sc3C)cc21. The number of hydrogen-bond donors (Lipinski definition) is 1. The fraction of sp³-hybridized carbons (Fsp3) is 0.353. The van der Waals surface area contributed by atoms with Crippen LogP contribution in [0.25, 0.3) is 11.3 Å². The molecule has 1 aromatic heterocycles. The lowest BCUT2D eigenvalue weighted by Crippen LogP contribution is -2.49. The third-order valence-corrected chi connectivity index (χ3v) is 4.88. The van der Waals surface area contributed by atoms with E-state index in [-0.39, 0.29) is 12.5 Å². The molecule has 0 spiro atoms. The molecule has 0 bridgehead atoms. The molecule has 0 saturated carbocycles. The first-order valence-corrected chi connectivity index (χ1v) is 8.50. The molecular formula is C17H18N2O4S. The van der Waals surface area contributed by atoms with Gasteiger partial charge in [0.1, 0.15) is 11.8 Å². The minimum Gasteiger partial charge on any atom is -0.482 e. The van der Waals surface area contributed by atoms with Gasteiger partial charge in [-0.2, -0.15) is 0 Å². The van der Waals surface area contributed by atoms with Crippen LogP contribution >= 0.6 is 11.3 Å². The van der Waals surface area contributed by atoms with E-state index in [1.807, 2.05) is 19.9 Å². The number of hydrogen-bond acceptors (Lipinski definition) is 5. The summed E-state index contributed by atoms with van der Waals surface area (Å²) in [5.41, 5.74) is 2.18. The highest BCUT2D eigenvalue weighted by Crippen LogP contribution is 2.38. The molecule has 1 aliphatic heterocycles. The fourth-order valence-electron chi connectivity index (χ4n) is 2.92. The van der Waals surface area contributed by atoms with Gasteiger partial charge < -0.3 is 9.84 Å². The maximum absolute atomic E-state index is 12.3. The molecule has 0 aliphatic carbocycles. The van der Waals surface area contributed by atoms with Crippen molar-refractivity contribution in [2.24, 2.45) is 0 Å². The van der Waals surface area contributed by atoms with E-state index in [0.717, 1.165) is 21.1 Å². The van der Waals surface area contributed by atoms with E-state index < -0.39 is 12.0 Å². The van der Waals surface area contributed by atoms with Gasteiger partial charge in [-0.1, -0.05) is 6.92 Å². The number of thiazole rings is 1. The number of anilines is 1. The number of aliphatic carboxylic acids is 1. The predicted molar refractivity (Wildman–Crippen MR) is 91.7 cm³/mol. The van der Waals surface area contributed by atoms with Crippen molar-refractivity contribution >= 4 is 28.9 Å². The number of amides is 1. The lowest BCUT2D eigenvalue weighted by molar-refractivity contribution is -0.140. The number of aryl methyl sites for hydroxylation is 2. The lowest BCUT2D eigenvalue weighted by Gasteiger charge is -2.33. The maximum Gasteiger partial charge on any atom is 0.326 e. The van der Waals surface area contributed by atoms with Gasteiger partial charge >= 0.3 is 5.97 Å². The Morgan fingerprint density at radius 1 is 1.46 bits per heavy atom. The van der Waals surface area contributed by atoms with Crippen molar-refractivity contribution in [3.05, 3.63) is 28.1 Å². The van der Waals surface area contributed by atoms with Crippen molar-refractivity contribution in [1.29, 1.82) is 0 Å². The molecule has 2 aromatic rings. The molecule has 1 aromatic carbocycles. The highest BCUT2D eigenvalue weighted by Gasteiger charge is 2.35. The Bertz CT molecular complexity index is 815. The number of rotatable bonds is 4. The molecule has 3 rings (SSSR count). The summed E-state index contributed by atoms with van der Waals surface area (Å²) in [6.45, 7) is 5.53. The van der Waals surface area contributed by atoms with Crippen LogP contribution < -0.4 is 9.64 Å². The van der Waals surface area contributed by atoms with E-state index in [1.165, 1.54) is 4.90 Å². The van der Waals surface area contributed by atoms with Crippen LogP contribution in [0.5, 0.6) is 5.75 Å². The number of benzene rings is 1. The van der Waals surface area contributed by atoms with Crippen LogP contribution in [0.1, 0.15) is 23.2 Å². The second-order valence-corrected chi connectivity index (χ2v) is 7.04. The zero-order valence-electron chi connectivity index (χ0n) is 13.7. The highest BCUT2D eigenvalue weighted by molar-refractivity contribution is 7.11. The molecule has 126 valence electrons. The molecule has 0 fully saturated rings. The molecule has 7 heteroatoms. The molecule has 2 heterocycles. The Morgan fingerprint density at radius 3 is 2.79 bits per heavy atom. The van der Waals surface area contributed by atoms with Gasteiger partial charge in [-0.05, 0) is 38.5 Å². The van der Waals surface area contributed by atoms with Crippen molar-refractivity contribution in [3.63, 3.8) is 0 Å². The van der Waals surface area contributed by atoms with Crippen molar-refractivity contribution in [3.8, 4) is 17.0 Å². The molecule has 6 nitrogen and oxygen atoms in total. The van der Waals surface area contributed by atoms with Gasteiger partial charge in [0.25, 0.3) is 5.91 Å². The van der Waals surface area contributed by atoms with Gasteiger partial charge in [0.15, 0.2) is 6.61 Å². The first-order chi connectivity index (χ1) is 11.4. The largest absolute Gasteiger partial charge is 0.482 e. The summed E-state index contributed by atoms with van der Waals surface area (Å²) < 4.78 is 5.46. The number of aromatic nitrogens is 1. The summed E-state index contributed by atoms with van der Waals surface area (Å²) in [5.74, 6) is -0.854. The standard InChI is InChI=1S/C17H18N2O4S/c1-4-12(17(21)22)19-13-7-11(16-9(2)24-10(3)18-16)5-6-14(13)23-8-15(19)20/h5-7,12H,4,8H2,1-3H3,(H,21,22). The Hall–Kier alpha value is -2.41. The Kier molecular flexibility index (Phi) is 4.28. The average molecular weight is 346 g/mol. The number of carboxylic acid groups (broad SMARTS) is 1. The summed E-state index contributed by atoms with van der Waals surface area (Å²) in [5, 5.41) is 10.4. The van der Waals surface area contributed by atoms with Crippen LogP contribution in [0.3, 0.4) is 0 Å². The molecule has 1 N–H and O–H groups in total. The number of ether oxygens (including phenoxy) is 1. The molecule has 1 atom stereocenters. The monoisotopic (exact) mass is 346 g/mol. The van der Waals surface area contributed by atoms with E-state index >= 15 is 0 Å². The van der Waals surface area contributed by atoms with Crippen LogP contribution in [0.2, 0.25) is 0 Å². The zero-order chi connectivity index (χ0) is 17.4. The Labute approximate surface area is 143 Å². The maximum atomic E-state index is 12.3. The van der Waals surface area contributed by atoms with E-state index in [2.05, 4.69) is 4.98 Å². The predicted octanol–water partition coefficient (Wildman–Crippen LogP) is 3.02. The van der Waals surface area contributed by atoms with Gasteiger partial charge in [0.05, 0.1) is 16.4 Å². The van der Waals surface area contributed by atoms with Crippen LogP contribution in [0.15, 0.2) is 18.2 Å². The number of nitrogens with zero attached hydrogens (tertiary/aromatic N) is 2. The lowest BCUT2D eigenvalue weighted by atomic mass is 10.1. The van der Waals surface area contributed by atoms with E-state index in [1.54, 1.807) is 30.4 Å². The van der Waals surface area contributed by atoms with Gasteiger partial charge in [0, 0.05) is 10.4 Å².